The van der Waals surface area contributed by atoms with Crippen LogP contribution in [0.25, 0.3) is 76.5 Å². The van der Waals surface area contributed by atoms with Crippen LogP contribution in [-0.2, 0) is 0 Å². The van der Waals surface area contributed by atoms with Crippen molar-refractivity contribution in [3.8, 4) is 22.3 Å². The van der Waals surface area contributed by atoms with Gasteiger partial charge in [-0.2, -0.15) is 0 Å². The maximum Gasteiger partial charge on any atom is 0.143 e. The molecule has 1 aromatic heterocycles. The summed E-state index contributed by atoms with van der Waals surface area (Å²) in [5.74, 6) is 0. The molecule has 0 aliphatic heterocycles. The van der Waals surface area contributed by atoms with Crippen LogP contribution in [0.3, 0.4) is 0 Å². The molecule has 0 aliphatic rings. The molecule has 0 saturated heterocycles. The molecule has 67 heavy (non-hydrogen) atoms. The molecule has 0 amide bonds. The maximum atomic E-state index is 6.47. The Morgan fingerprint density at radius 1 is 0.299 bits per heavy atom. The number of benzene rings is 12. The van der Waals surface area contributed by atoms with Crippen LogP contribution in [0, 0.1) is 0 Å². The number of fused-ring (bicyclic) bond motifs is 3. The summed E-state index contributed by atoms with van der Waals surface area (Å²) in [5, 5.41) is 9.90. The van der Waals surface area contributed by atoms with E-state index in [9.17, 15) is 0 Å². The van der Waals surface area contributed by atoms with Crippen LogP contribution < -0.4 is 4.90 Å². The molecule has 0 unspecified atom stereocenters. The van der Waals surface area contributed by atoms with E-state index in [-0.39, 0.29) is 0 Å². The number of rotatable bonds is 9. The molecule has 0 radical (unpaired) electrons. The molecule has 0 N–H and O–H groups in total. The average Bonchev–Trinajstić information content (AvgIpc) is 3.79. The lowest BCUT2D eigenvalue weighted by atomic mass is 9.93. The summed E-state index contributed by atoms with van der Waals surface area (Å²) < 4.78 is 6.47. The lowest BCUT2D eigenvalue weighted by Crippen LogP contribution is -2.10. The number of hydrogen-bond donors (Lipinski definition) is 0. The number of nitrogens with zero attached hydrogens (tertiary/aromatic N) is 1. The third-order valence-electron chi connectivity index (χ3n) is 13.5. The fourth-order valence-electron chi connectivity index (χ4n) is 10.4. The van der Waals surface area contributed by atoms with E-state index in [0.717, 1.165) is 50.1 Å². The van der Waals surface area contributed by atoms with Gasteiger partial charge in [0.15, 0.2) is 0 Å². The van der Waals surface area contributed by atoms with Crippen LogP contribution >= 0.6 is 10.0 Å². The second-order valence-electron chi connectivity index (χ2n) is 17.3. The Bertz CT molecular complexity index is 3720. The molecule has 0 fully saturated rings. The first-order valence-electron chi connectivity index (χ1n) is 22.9. The Hall–Kier alpha value is -8.37. The largest absolute Gasteiger partial charge is 0.455 e. The fraction of sp³-hybridized carbons (Fsp3) is 0. The van der Waals surface area contributed by atoms with Crippen molar-refractivity contribution >= 4 is 81.3 Å². The Balaban J connectivity index is 0.913. The fourth-order valence-corrected chi connectivity index (χ4v) is 14.3. The third-order valence-corrected chi connectivity index (χ3v) is 17.4. The van der Waals surface area contributed by atoms with Crippen molar-refractivity contribution < 1.29 is 4.42 Å². The molecule has 12 aromatic carbocycles. The molecular formula is C64H43NOS. The van der Waals surface area contributed by atoms with Gasteiger partial charge in [-0.25, -0.2) is 0 Å². The van der Waals surface area contributed by atoms with Crippen molar-refractivity contribution in [1.82, 2.24) is 0 Å². The minimum absolute atomic E-state index is 0.905. The molecule has 0 atom stereocenters. The summed E-state index contributed by atoms with van der Waals surface area (Å²) in [5.41, 5.74) is 9.63. The van der Waals surface area contributed by atoms with Gasteiger partial charge < -0.3 is 9.32 Å². The number of hydrogen-bond acceptors (Lipinski definition) is 2. The molecule has 0 spiro atoms. The van der Waals surface area contributed by atoms with E-state index in [1.165, 1.54) is 63.0 Å². The van der Waals surface area contributed by atoms with E-state index in [1.807, 2.05) is 12.1 Å². The highest BCUT2D eigenvalue weighted by molar-refractivity contribution is 8.34. The van der Waals surface area contributed by atoms with Crippen LogP contribution in [0.5, 0.6) is 0 Å². The van der Waals surface area contributed by atoms with Crippen molar-refractivity contribution in [3.63, 3.8) is 0 Å². The molecule has 0 aliphatic carbocycles. The first-order chi connectivity index (χ1) is 33.2. The summed E-state index contributed by atoms with van der Waals surface area (Å²) >= 11 is 0. The van der Waals surface area contributed by atoms with Crippen LogP contribution in [0.2, 0.25) is 0 Å². The topological polar surface area (TPSA) is 16.4 Å². The van der Waals surface area contributed by atoms with E-state index in [2.05, 4.69) is 254 Å². The highest BCUT2D eigenvalue weighted by Gasteiger charge is 2.33. The second kappa shape index (κ2) is 16.0. The predicted octanol–water partition coefficient (Wildman–Crippen LogP) is 18.6. The van der Waals surface area contributed by atoms with Crippen LogP contribution in [0.15, 0.2) is 285 Å². The molecule has 3 heteroatoms. The number of anilines is 3. The molecule has 0 bridgehead atoms. The van der Waals surface area contributed by atoms with Crippen molar-refractivity contribution in [1.29, 1.82) is 0 Å². The van der Waals surface area contributed by atoms with Gasteiger partial charge in [-0.15, -0.1) is 10.0 Å². The van der Waals surface area contributed by atoms with Gasteiger partial charge in [-0.1, -0.05) is 170 Å². The zero-order chi connectivity index (χ0) is 44.3. The Morgan fingerprint density at radius 2 is 0.731 bits per heavy atom. The molecule has 0 saturated carbocycles. The minimum Gasteiger partial charge on any atom is -0.455 e. The average molecular weight is 874 g/mol. The highest BCUT2D eigenvalue weighted by Crippen LogP contribution is 2.73. The first kappa shape index (κ1) is 39.0. The van der Waals surface area contributed by atoms with Gasteiger partial charge in [-0.3, -0.25) is 0 Å². The monoisotopic (exact) mass is 873 g/mol. The van der Waals surface area contributed by atoms with Gasteiger partial charge in [0.25, 0.3) is 0 Å². The first-order valence-corrected chi connectivity index (χ1v) is 24.5. The smallest absolute Gasteiger partial charge is 0.143 e. The third kappa shape index (κ3) is 6.42. The van der Waals surface area contributed by atoms with Gasteiger partial charge in [0.1, 0.15) is 11.2 Å². The lowest BCUT2D eigenvalue weighted by Gasteiger charge is -2.42. The van der Waals surface area contributed by atoms with Crippen molar-refractivity contribution in [3.05, 3.63) is 261 Å². The zero-order valence-corrected chi connectivity index (χ0v) is 37.4. The Kier molecular flexibility index (Phi) is 9.29. The maximum absolute atomic E-state index is 6.47. The van der Waals surface area contributed by atoms with Gasteiger partial charge in [-0.05, 0) is 140 Å². The van der Waals surface area contributed by atoms with Crippen LogP contribution in [0.1, 0.15) is 0 Å². The summed E-state index contributed by atoms with van der Waals surface area (Å²) in [6.45, 7) is 0. The highest BCUT2D eigenvalue weighted by atomic mass is 32.3. The van der Waals surface area contributed by atoms with E-state index in [0.29, 0.717) is 0 Å². The van der Waals surface area contributed by atoms with Gasteiger partial charge in [0.05, 0.1) is 0 Å². The van der Waals surface area contributed by atoms with Crippen molar-refractivity contribution in [2.75, 3.05) is 4.90 Å². The SMILES string of the molecule is c1ccc(S(c2ccccc2)(c2ccccc2)c2ccc(-c3ccc(N(c4ccc(-c5cccc6c5oc5ccccc56)cc4)c4cc5ccc6cccc7ccc(c4)c5c67)cc3)cc2)cc1. The summed E-state index contributed by atoms with van der Waals surface area (Å²) in [7, 11) is -1.77. The Morgan fingerprint density at radius 3 is 1.30 bits per heavy atom. The second-order valence-corrected chi connectivity index (χ2v) is 20.4. The van der Waals surface area contributed by atoms with Gasteiger partial charge in [0, 0.05) is 53.0 Å². The van der Waals surface area contributed by atoms with Gasteiger partial charge in [0.2, 0.25) is 0 Å². The number of para-hydroxylation sites is 2. The van der Waals surface area contributed by atoms with Crippen molar-refractivity contribution in [2.45, 2.75) is 19.6 Å². The van der Waals surface area contributed by atoms with E-state index < -0.39 is 10.0 Å². The van der Waals surface area contributed by atoms with Crippen LogP contribution in [0.4, 0.5) is 17.1 Å². The zero-order valence-electron chi connectivity index (χ0n) is 36.6. The van der Waals surface area contributed by atoms with Crippen molar-refractivity contribution in [2.24, 2.45) is 0 Å². The van der Waals surface area contributed by atoms with E-state index in [1.54, 1.807) is 0 Å². The normalized spacial score (nSPS) is 12.1. The van der Waals surface area contributed by atoms with Gasteiger partial charge >= 0.3 is 0 Å². The minimum atomic E-state index is -1.77. The summed E-state index contributed by atoms with van der Waals surface area (Å²) in [6.07, 6.45) is 0. The quantitative estimate of drug-likeness (QED) is 0.134. The molecule has 13 aromatic rings. The standard InChI is InChI=1S/C64H43NOS/c1-4-16-54(17-5-1)67(55-18-6-2-7-19-55,56-20-8-3-9-21-56)57-40-34-45(35-41-57)44-30-36-51(37-31-44)65(53-42-49-28-26-47-14-12-15-48-27-29-50(43-53)63(49)62(47)48)52-38-32-46(33-39-52)58-23-13-24-60-59-22-10-11-25-61(59)66-64(58)60/h1-43H. The predicted molar refractivity (Wildman–Crippen MR) is 283 cm³/mol. The summed E-state index contributed by atoms with van der Waals surface area (Å²) in [4.78, 5) is 7.64. The van der Waals surface area contributed by atoms with Crippen LogP contribution in [-0.4, -0.2) is 0 Å². The molecule has 316 valence electrons. The summed E-state index contributed by atoms with van der Waals surface area (Å²) in [6, 6.07) is 95.6. The molecule has 1 heterocycles. The van der Waals surface area contributed by atoms with E-state index >= 15 is 0 Å². The Labute approximate surface area is 391 Å². The molecule has 2 nitrogen and oxygen atoms in total. The lowest BCUT2D eigenvalue weighted by molar-refractivity contribution is 0.670. The molecular weight excluding hydrogens is 831 g/mol. The number of furan rings is 1. The molecule has 13 rings (SSSR count). The van der Waals surface area contributed by atoms with E-state index in [4.69, 9.17) is 4.42 Å².